The average Bonchev–Trinajstić information content (AvgIpc) is 2.57. The standard InChI is InChI=1S/C19H21FN2O2.H2/c1-12-7-8-14(15-5-4-6-17(20)13(15)2)11-16(12)18(21)19(23)22-9-10-24-3;/h4-8,11,21H,9-10H2,1-3H3,(H,22,23);1H. The number of aryl methyl sites for hydroxylation is 1. The molecule has 0 spiro atoms. The van der Waals surface area contributed by atoms with Gasteiger partial charge in [-0.1, -0.05) is 24.3 Å². The quantitative estimate of drug-likeness (QED) is 0.629. The molecule has 24 heavy (non-hydrogen) atoms. The van der Waals surface area contributed by atoms with Crippen molar-refractivity contribution in [1.29, 1.82) is 5.41 Å². The van der Waals surface area contributed by atoms with E-state index in [-0.39, 0.29) is 13.0 Å². The third-order valence-corrected chi connectivity index (χ3v) is 3.90. The van der Waals surface area contributed by atoms with Crippen LogP contribution in [0.15, 0.2) is 36.4 Å². The molecule has 0 saturated heterocycles. The van der Waals surface area contributed by atoms with Gasteiger partial charge in [0, 0.05) is 20.6 Å². The molecule has 128 valence electrons. The number of hydrogen-bond acceptors (Lipinski definition) is 3. The van der Waals surface area contributed by atoms with Crippen LogP contribution in [0.2, 0.25) is 0 Å². The summed E-state index contributed by atoms with van der Waals surface area (Å²) in [5.41, 5.74) is 3.32. The van der Waals surface area contributed by atoms with E-state index in [4.69, 9.17) is 10.1 Å². The highest BCUT2D eigenvalue weighted by molar-refractivity contribution is 6.44. The third-order valence-electron chi connectivity index (χ3n) is 3.90. The Kier molecular flexibility index (Phi) is 5.82. The lowest BCUT2D eigenvalue weighted by atomic mass is 9.94. The first-order valence-corrected chi connectivity index (χ1v) is 7.68. The van der Waals surface area contributed by atoms with Crippen molar-refractivity contribution >= 4 is 11.6 Å². The number of rotatable bonds is 6. The second-order valence-electron chi connectivity index (χ2n) is 5.57. The van der Waals surface area contributed by atoms with Gasteiger partial charge in [0.2, 0.25) is 0 Å². The van der Waals surface area contributed by atoms with Gasteiger partial charge < -0.3 is 10.1 Å². The van der Waals surface area contributed by atoms with Crippen LogP contribution in [0.3, 0.4) is 0 Å². The molecule has 0 bridgehead atoms. The average molecular weight is 330 g/mol. The van der Waals surface area contributed by atoms with Crippen LogP contribution in [0.5, 0.6) is 0 Å². The maximum absolute atomic E-state index is 13.8. The second-order valence-corrected chi connectivity index (χ2v) is 5.57. The van der Waals surface area contributed by atoms with Gasteiger partial charge in [0.05, 0.1) is 6.61 Å². The molecule has 0 heterocycles. The van der Waals surface area contributed by atoms with Crippen LogP contribution in [0.25, 0.3) is 11.1 Å². The van der Waals surface area contributed by atoms with Gasteiger partial charge in [-0.25, -0.2) is 4.39 Å². The summed E-state index contributed by atoms with van der Waals surface area (Å²) in [4.78, 5) is 12.1. The first-order chi connectivity index (χ1) is 11.5. The minimum Gasteiger partial charge on any atom is -0.383 e. The van der Waals surface area contributed by atoms with Crippen molar-refractivity contribution in [2.24, 2.45) is 0 Å². The molecule has 0 fully saturated rings. The van der Waals surface area contributed by atoms with Crippen LogP contribution < -0.4 is 5.32 Å². The van der Waals surface area contributed by atoms with Crippen molar-refractivity contribution in [3.63, 3.8) is 0 Å². The van der Waals surface area contributed by atoms with Crippen LogP contribution >= 0.6 is 0 Å². The number of nitrogens with one attached hydrogen (secondary N) is 2. The van der Waals surface area contributed by atoms with E-state index >= 15 is 0 Å². The Morgan fingerprint density at radius 2 is 2.04 bits per heavy atom. The monoisotopic (exact) mass is 330 g/mol. The Labute approximate surface area is 142 Å². The van der Waals surface area contributed by atoms with E-state index < -0.39 is 5.91 Å². The molecule has 0 saturated carbocycles. The molecule has 2 N–H and O–H groups in total. The van der Waals surface area contributed by atoms with Crippen molar-refractivity contribution in [1.82, 2.24) is 5.32 Å². The zero-order valence-corrected chi connectivity index (χ0v) is 14.1. The summed E-state index contributed by atoms with van der Waals surface area (Å²) in [6.07, 6.45) is 0. The molecular weight excluding hydrogens is 307 g/mol. The molecule has 2 rings (SSSR count). The topological polar surface area (TPSA) is 62.2 Å². The molecule has 0 aromatic heterocycles. The number of halogens is 1. The SMILES string of the molecule is COCCNC(=O)C(=N)c1cc(-c2cccc(F)c2C)ccc1C.[HH]. The predicted molar refractivity (Wildman–Crippen MR) is 95.1 cm³/mol. The number of ether oxygens (including phenoxy) is 1. The fourth-order valence-corrected chi connectivity index (χ4v) is 2.46. The van der Waals surface area contributed by atoms with Gasteiger partial charge in [-0.15, -0.1) is 0 Å². The molecule has 4 nitrogen and oxygen atoms in total. The Bertz CT molecular complexity index is 778. The van der Waals surface area contributed by atoms with Crippen molar-refractivity contribution in [2.45, 2.75) is 13.8 Å². The van der Waals surface area contributed by atoms with Crippen molar-refractivity contribution in [3.05, 3.63) is 58.9 Å². The molecular formula is C19H23FN2O2. The third kappa shape index (κ3) is 3.86. The van der Waals surface area contributed by atoms with Crippen LogP contribution in [-0.4, -0.2) is 31.9 Å². The Balaban J connectivity index is 0.00000312. The van der Waals surface area contributed by atoms with Gasteiger partial charge in [0.25, 0.3) is 5.91 Å². The van der Waals surface area contributed by atoms with Crippen molar-refractivity contribution in [2.75, 3.05) is 20.3 Å². The molecule has 1 amide bonds. The molecule has 0 aliphatic rings. The van der Waals surface area contributed by atoms with Gasteiger partial charge >= 0.3 is 0 Å². The summed E-state index contributed by atoms with van der Waals surface area (Å²) in [6.45, 7) is 4.29. The summed E-state index contributed by atoms with van der Waals surface area (Å²) in [5, 5.41) is 10.8. The molecule has 0 aliphatic carbocycles. The van der Waals surface area contributed by atoms with E-state index in [1.807, 2.05) is 25.1 Å². The number of hydrogen-bond donors (Lipinski definition) is 2. The van der Waals surface area contributed by atoms with E-state index in [0.29, 0.717) is 24.3 Å². The lowest BCUT2D eigenvalue weighted by Gasteiger charge is -2.12. The smallest absolute Gasteiger partial charge is 0.269 e. The van der Waals surface area contributed by atoms with Gasteiger partial charge in [-0.3, -0.25) is 10.2 Å². The highest BCUT2D eigenvalue weighted by Gasteiger charge is 2.15. The zero-order valence-electron chi connectivity index (χ0n) is 14.1. The maximum Gasteiger partial charge on any atom is 0.269 e. The first kappa shape index (κ1) is 17.8. The number of carbonyl (C=O) groups excluding carboxylic acids is 1. The van der Waals surface area contributed by atoms with E-state index in [1.165, 1.54) is 6.07 Å². The van der Waals surface area contributed by atoms with Crippen LogP contribution in [0, 0.1) is 25.1 Å². The lowest BCUT2D eigenvalue weighted by molar-refractivity contribution is -0.115. The fraction of sp³-hybridized carbons (Fsp3) is 0.263. The number of benzene rings is 2. The molecule has 0 radical (unpaired) electrons. The van der Waals surface area contributed by atoms with E-state index in [0.717, 1.165) is 16.7 Å². The normalized spacial score (nSPS) is 10.5. The van der Waals surface area contributed by atoms with Crippen LogP contribution in [0.1, 0.15) is 18.1 Å². The van der Waals surface area contributed by atoms with E-state index in [1.54, 1.807) is 26.2 Å². The van der Waals surface area contributed by atoms with Crippen molar-refractivity contribution in [3.8, 4) is 11.1 Å². The molecule has 0 aliphatic heterocycles. The fourth-order valence-electron chi connectivity index (χ4n) is 2.46. The highest BCUT2D eigenvalue weighted by atomic mass is 19.1. The van der Waals surface area contributed by atoms with Crippen LogP contribution in [0.4, 0.5) is 4.39 Å². The minimum atomic E-state index is -0.455. The molecule has 2 aromatic carbocycles. The molecule has 5 heteroatoms. The van der Waals surface area contributed by atoms with E-state index in [2.05, 4.69) is 5.32 Å². The minimum absolute atomic E-state index is 0. The van der Waals surface area contributed by atoms with Crippen molar-refractivity contribution < 1.29 is 15.3 Å². The molecule has 2 aromatic rings. The predicted octanol–water partition coefficient (Wildman–Crippen LogP) is 3.49. The van der Waals surface area contributed by atoms with Gasteiger partial charge in [0.15, 0.2) is 0 Å². The summed E-state index contributed by atoms with van der Waals surface area (Å²) in [5.74, 6) is -0.731. The zero-order chi connectivity index (χ0) is 17.7. The summed E-state index contributed by atoms with van der Waals surface area (Å²) in [7, 11) is 1.55. The Hall–Kier alpha value is -2.53. The maximum atomic E-state index is 13.8. The lowest BCUT2D eigenvalue weighted by Crippen LogP contribution is -2.33. The Morgan fingerprint density at radius 1 is 1.29 bits per heavy atom. The van der Waals surface area contributed by atoms with Gasteiger partial charge in [0.1, 0.15) is 11.5 Å². The highest BCUT2D eigenvalue weighted by Crippen LogP contribution is 2.27. The second kappa shape index (κ2) is 7.84. The van der Waals surface area contributed by atoms with E-state index in [9.17, 15) is 9.18 Å². The van der Waals surface area contributed by atoms with Crippen LogP contribution in [-0.2, 0) is 9.53 Å². The number of methoxy groups -OCH3 is 1. The van der Waals surface area contributed by atoms with Gasteiger partial charge in [-0.2, -0.15) is 0 Å². The summed E-state index contributed by atoms with van der Waals surface area (Å²) < 4.78 is 18.7. The largest absolute Gasteiger partial charge is 0.383 e. The molecule has 0 atom stereocenters. The van der Waals surface area contributed by atoms with Gasteiger partial charge in [-0.05, 0) is 48.2 Å². The summed E-state index contributed by atoms with van der Waals surface area (Å²) in [6, 6.07) is 10.4. The number of carbonyl (C=O) groups is 1. The first-order valence-electron chi connectivity index (χ1n) is 7.68. The summed E-state index contributed by atoms with van der Waals surface area (Å²) >= 11 is 0. The number of amides is 1. The Morgan fingerprint density at radius 3 is 2.75 bits per heavy atom. The molecule has 0 unspecified atom stereocenters.